The predicted octanol–water partition coefficient (Wildman–Crippen LogP) is 3.66. The number of carbonyl (C=O) groups is 2. The first-order valence-electron chi connectivity index (χ1n) is 7.95. The number of aryl methyl sites for hydroxylation is 1. The molecule has 0 saturated carbocycles. The minimum Gasteiger partial charge on any atom is -0.461 e. The molecule has 0 atom stereocenters. The van der Waals surface area contributed by atoms with E-state index in [0.717, 1.165) is 5.69 Å². The maximum atomic E-state index is 12.9. The monoisotopic (exact) mass is 331 g/mol. The van der Waals surface area contributed by atoms with E-state index in [1.54, 1.807) is 28.7 Å². The second-order valence-electron chi connectivity index (χ2n) is 5.62. The summed E-state index contributed by atoms with van der Waals surface area (Å²) in [6.07, 6.45) is 5.54. The van der Waals surface area contributed by atoms with E-state index in [2.05, 4.69) is 5.92 Å². The van der Waals surface area contributed by atoms with Crippen molar-refractivity contribution in [3.05, 3.63) is 77.1 Å². The Balaban J connectivity index is 2.09. The van der Waals surface area contributed by atoms with Gasteiger partial charge in [0, 0.05) is 17.7 Å². The third-order valence-corrected chi connectivity index (χ3v) is 3.95. The molecular weight excluding hydrogens is 314 g/mol. The third-order valence-electron chi connectivity index (χ3n) is 3.95. The van der Waals surface area contributed by atoms with Gasteiger partial charge in [0.1, 0.15) is 6.61 Å². The van der Waals surface area contributed by atoms with Crippen LogP contribution in [0.25, 0.3) is 5.52 Å². The highest BCUT2D eigenvalue weighted by Crippen LogP contribution is 2.22. The molecule has 124 valence electrons. The molecule has 2 heterocycles. The number of fused-ring (bicyclic) bond motifs is 1. The lowest BCUT2D eigenvalue weighted by Gasteiger charge is -2.06. The van der Waals surface area contributed by atoms with Gasteiger partial charge in [0.15, 0.2) is 0 Å². The van der Waals surface area contributed by atoms with Crippen LogP contribution >= 0.6 is 0 Å². The Morgan fingerprint density at radius 1 is 1.12 bits per heavy atom. The SMILES string of the molecule is C#CCCOC(=O)c1cc(C(=O)c2ccccc2)n2c(C)cccc12. The molecule has 0 amide bonds. The minimum atomic E-state index is -0.481. The molecule has 0 fully saturated rings. The Labute approximate surface area is 146 Å². The maximum Gasteiger partial charge on any atom is 0.340 e. The van der Waals surface area contributed by atoms with Crippen molar-refractivity contribution in [3.63, 3.8) is 0 Å². The minimum absolute atomic E-state index is 0.146. The van der Waals surface area contributed by atoms with Gasteiger partial charge in [-0.25, -0.2) is 4.79 Å². The van der Waals surface area contributed by atoms with E-state index in [1.807, 2.05) is 37.3 Å². The van der Waals surface area contributed by atoms with Gasteiger partial charge in [0.05, 0.1) is 16.8 Å². The molecule has 0 aliphatic rings. The quantitative estimate of drug-likeness (QED) is 0.310. The highest BCUT2D eigenvalue weighted by Gasteiger charge is 2.22. The molecular formula is C21H17NO3. The van der Waals surface area contributed by atoms with Crippen molar-refractivity contribution in [3.8, 4) is 12.3 Å². The number of aromatic nitrogens is 1. The third kappa shape index (κ3) is 3.17. The van der Waals surface area contributed by atoms with Gasteiger partial charge in [-0.2, -0.15) is 0 Å². The van der Waals surface area contributed by atoms with Crippen LogP contribution in [0.1, 0.15) is 38.5 Å². The second kappa shape index (κ2) is 7.06. The highest BCUT2D eigenvalue weighted by atomic mass is 16.5. The number of ketones is 1. The van der Waals surface area contributed by atoms with Crippen molar-refractivity contribution < 1.29 is 14.3 Å². The second-order valence-corrected chi connectivity index (χ2v) is 5.62. The zero-order chi connectivity index (χ0) is 17.8. The van der Waals surface area contributed by atoms with Crippen LogP contribution in [0.3, 0.4) is 0 Å². The van der Waals surface area contributed by atoms with Crippen molar-refractivity contribution in [2.75, 3.05) is 6.61 Å². The molecule has 0 aliphatic carbocycles. The largest absolute Gasteiger partial charge is 0.461 e. The summed E-state index contributed by atoms with van der Waals surface area (Å²) >= 11 is 0. The fraction of sp³-hybridized carbons (Fsp3) is 0.143. The molecule has 3 rings (SSSR count). The van der Waals surface area contributed by atoms with Crippen LogP contribution in [0.4, 0.5) is 0 Å². The summed E-state index contributed by atoms with van der Waals surface area (Å²) in [7, 11) is 0. The molecule has 4 heteroatoms. The molecule has 2 aromatic heterocycles. The number of nitrogens with zero attached hydrogens (tertiary/aromatic N) is 1. The Morgan fingerprint density at radius 2 is 1.88 bits per heavy atom. The van der Waals surface area contributed by atoms with E-state index in [0.29, 0.717) is 28.8 Å². The summed E-state index contributed by atoms with van der Waals surface area (Å²) in [5.74, 6) is 1.80. The number of terminal acetylenes is 1. The Bertz CT molecular complexity index is 978. The lowest BCUT2D eigenvalue weighted by atomic mass is 10.1. The van der Waals surface area contributed by atoms with E-state index in [4.69, 9.17) is 11.2 Å². The van der Waals surface area contributed by atoms with E-state index in [1.165, 1.54) is 0 Å². The van der Waals surface area contributed by atoms with E-state index in [-0.39, 0.29) is 12.4 Å². The first-order valence-corrected chi connectivity index (χ1v) is 7.95. The first kappa shape index (κ1) is 16.5. The van der Waals surface area contributed by atoms with Crippen molar-refractivity contribution >= 4 is 17.3 Å². The lowest BCUT2D eigenvalue weighted by molar-refractivity contribution is 0.0516. The molecule has 4 nitrogen and oxygen atoms in total. The molecule has 0 unspecified atom stereocenters. The average molecular weight is 331 g/mol. The van der Waals surface area contributed by atoms with Crippen LogP contribution in [-0.2, 0) is 4.74 Å². The molecule has 1 aromatic carbocycles. The number of hydrogen-bond acceptors (Lipinski definition) is 3. The zero-order valence-corrected chi connectivity index (χ0v) is 13.9. The summed E-state index contributed by atoms with van der Waals surface area (Å²) in [6.45, 7) is 2.04. The first-order chi connectivity index (χ1) is 12.1. The van der Waals surface area contributed by atoms with Crippen LogP contribution in [0.5, 0.6) is 0 Å². The molecule has 0 saturated heterocycles. The van der Waals surface area contributed by atoms with Crippen LogP contribution < -0.4 is 0 Å². The topological polar surface area (TPSA) is 47.8 Å². The van der Waals surface area contributed by atoms with E-state index >= 15 is 0 Å². The summed E-state index contributed by atoms with van der Waals surface area (Å²) in [5, 5.41) is 0. The van der Waals surface area contributed by atoms with E-state index < -0.39 is 5.97 Å². The number of pyridine rings is 1. The number of rotatable bonds is 5. The fourth-order valence-electron chi connectivity index (χ4n) is 2.77. The van der Waals surface area contributed by atoms with Gasteiger partial charge in [-0.05, 0) is 25.1 Å². The van der Waals surface area contributed by atoms with Crippen molar-refractivity contribution in [1.82, 2.24) is 4.40 Å². The van der Waals surface area contributed by atoms with Crippen molar-refractivity contribution in [1.29, 1.82) is 0 Å². The normalized spacial score (nSPS) is 10.4. The zero-order valence-electron chi connectivity index (χ0n) is 13.9. The van der Waals surface area contributed by atoms with Gasteiger partial charge in [0.25, 0.3) is 0 Å². The maximum absolute atomic E-state index is 12.9. The van der Waals surface area contributed by atoms with Crippen LogP contribution in [0.15, 0.2) is 54.6 Å². The summed E-state index contributed by atoms with van der Waals surface area (Å²) in [6, 6.07) is 16.1. The molecule has 0 aliphatic heterocycles. The number of benzene rings is 1. The predicted molar refractivity (Wildman–Crippen MR) is 95.7 cm³/mol. The van der Waals surface area contributed by atoms with Crippen LogP contribution in [0.2, 0.25) is 0 Å². The van der Waals surface area contributed by atoms with E-state index in [9.17, 15) is 9.59 Å². The van der Waals surface area contributed by atoms with Gasteiger partial charge < -0.3 is 9.14 Å². The fourth-order valence-corrected chi connectivity index (χ4v) is 2.77. The smallest absolute Gasteiger partial charge is 0.340 e. The Kier molecular flexibility index (Phi) is 4.67. The van der Waals surface area contributed by atoms with Gasteiger partial charge in [0.2, 0.25) is 5.78 Å². The molecule has 0 radical (unpaired) electrons. The van der Waals surface area contributed by atoms with Crippen molar-refractivity contribution in [2.45, 2.75) is 13.3 Å². The Morgan fingerprint density at radius 3 is 2.60 bits per heavy atom. The van der Waals surface area contributed by atoms with Gasteiger partial charge in [-0.15, -0.1) is 12.3 Å². The van der Waals surface area contributed by atoms with Crippen LogP contribution in [-0.4, -0.2) is 22.8 Å². The van der Waals surface area contributed by atoms with Gasteiger partial charge in [-0.3, -0.25) is 4.79 Å². The standard InChI is InChI=1S/C21H17NO3/c1-3-4-13-25-21(24)17-14-19(20(23)16-10-6-5-7-11-16)22-15(2)9-8-12-18(17)22/h1,5-12,14H,4,13H2,2H3. The van der Waals surface area contributed by atoms with Crippen molar-refractivity contribution in [2.24, 2.45) is 0 Å². The molecule has 0 N–H and O–H groups in total. The molecule has 0 spiro atoms. The number of carbonyl (C=O) groups excluding carboxylic acids is 2. The molecule has 0 bridgehead atoms. The van der Waals surface area contributed by atoms with Gasteiger partial charge in [-0.1, -0.05) is 36.4 Å². The number of esters is 1. The summed E-state index contributed by atoms with van der Waals surface area (Å²) in [4.78, 5) is 25.3. The Hall–Kier alpha value is -3.32. The highest BCUT2D eigenvalue weighted by molar-refractivity contribution is 6.11. The molecule has 3 aromatic rings. The number of hydrogen-bond donors (Lipinski definition) is 0. The number of ether oxygens (including phenoxy) is 1. The van der Waals surface area contributed by atoms with Crippen LogP contribution in [0, 0.1) is 19.3 Å². The molecule has 25 heavy (non-hydrogen) atoms. The average Bonchev–Trinajstić information content (AvgIpc) is 3.03. The summed E-state index contributed by atoms with van der Waals surface area (Å²) < 4.78 is 6.99. The van der Waals surface area contributed by atoms with Gasteiger partial charge >= 0.3 is 5.97 Å². The summed E-state index contributed by atoms with van der Waals surface area (Å²) in [5.41, 5.74) is 2.87. The lowest BCUT2D eigenvalue weighted by Crippen LogP contribution is -2.06.